The highest BCUT2D eigenvalue weighted by molar-refractivity contribution is 6.75. The van der Waals surface area contributed by atoms with Crippen LogP contribution in [0.3, 0.4) is 0 Å². The Labute approximate surface area is 153 Å². The minimum atomic E-state index is -0.901. The Morgan fingerprint density at radius 2 is 1.89 bits per heavy atom. The zero-order chi connectivity index (χ0) is 19.5. The average molecular weight is 363 g/mol. The Morgan fingerprint density at radius 1 is 1.15 bits per heavy atom. The molecule has 0 amide bonds. The molecule has 7 nitrogen and oxygen atoms in total. The van der Waals surface area contributed by atoms with Crippen molar-refractivity contribution >= 4 is 44.5 Å². The van der Waals surface area contributed by atoms with Crippen LogP contribution in [-0.2, 0) is 9.59 Å². The molecule has 0 aliphatic heterocycles. The van der Waals surface area contributed by atoms with Crippen molar-refractivity contribution in [2.45, 2.75) is 13.8 Å². The van der Waals surface area contributed by atoms with Crippen LogP contribution in [0.1, 0.15) is 19.4 Å². The topological polar surface area (TPSA) is 123 Å². The fourth-order valence-corrected chi connectivity index (χ4v) is 3.51. The number of aromatic hydroxyl groups is 1. The molecule has 0 fully saturated rings. The molecule has 1 heterocycles. The van der Waals surface area contributed by atoms with Gasteiger partial charge in [0.05, 0.1) is 11.1 Å². The third kappa shape index (κ3) is 2.35. The fourth-order valence-electron chi connectivity index (χ4n) is 3.51. The number of rotatable bonds is 3. The minimum absolute atomic E-state index is 0.0305. The molecule has 2 aromatic carbocycles. The van der Waals surface area contributed by atoms with Crippen LogP contribution in [0.4, 0.5) is 0 Å². The van der Waals surface area contributed by atoms with Crippen molar-refractivity contribution in [3.63, 3.8) is 0 Å². The normalized spacial score (nSPS) is 14.5. The van der Waals surface area contributed by atoms with Gasteiger partial charge in [-0.2, -0.15) is 0 Å². The number of Topliss-reactive ketones (excluding diaryl/α,β-unsaturated/α-hetero) is 2. The van der Waals surface area contributed by atoms with Gasteiger partial charge in [-0.1, -0.05) is 26.0 Å². The van der Waals surface area contributed by atoms with Gasteiger partial charge in [0.1, 0.15) is 5.71 Å². The molecule has 0 unspecified atom stereocenters. The molecule has 0 bridgehead atoms. The molecule has 0 atom stereocenters. The first kappa shape index (κ1) is 17.0. The lowest BCUT2D eigenvalue weighted by atomic mass is 9.87. The van der Waals surface area contributed by atoms with E-state index in [1.54, 1.807) is 24.3 Å². The van der Waals surface area contributed by atoms with Gasteiger partial charge >= 0.3 is 0 Å². The fraction of sp³-hybridized carbons (Fsp3) is 0.200. The van der Waals surface area contributed by atoms with Gasteiger partial charge in [-0.3, -0.25) is 24.8 Å². The molecule has 4 N–H and O–H groups in total. The van der Waals surface area contributed by atoms with Crippen molar-refractivity contribution in [2.24, 2.45) is 5.92 Å². The van der Waals surface area contributed by atoms with E-state index >= 15 is 0 Å². The van der Waals surface area contributed by atoms with Gasteiger partial charge in [0.25, 0.3) is 17.1 Å². The van der Waals surface area contributed by atoms with E-state index in [1.807, 2.05) is 13.8 Å². The lowest BCUT2D eigenvalue weighted by Crippen LogP contribution is -2.44. The zero-order valence-electron chi connectivity index (χ0n) is 14.8. The quantitative estimate of drug-likeness (QED) is 0.517. The first-order valence-electron chi connectivity index (χ1n) is 8.57. The second kappa shape index (κ2) is 5.77. The number of aromatic amines is 1. The minimum Gasteiger partial charge on any atom is -0.494 e. The number of hydrogen-bond donors (Lipinski definition) is 4. The summed E-state index contributed by atoms with van der Waals surface area (Å²) < 4.78 is 0. The maximum Gasteiger partial charge on any atom is 0.259 e. The number of ketones is 2. The van der Waals surface area contributed by atoms with E-state index in [0.717, 1.165) is 0 Å². The standard InChI is InChI=1S/C20H17N3O4/c1-8(2)7-22-16-13-11(15(21)17(24)18(16)25)6-9-4-3-5-10-12(9)14(13)20(27)23-19(10)26/h3-6,8,21-22H,7H2,1-2H3,(H2,23,26,27). The van der Waals surface area contributed by atoms with Crippen LogP contribution in [0.2, 0.25) is 0 Å². The summed E-state index contributed by atoms with van der Waals surface area (Å²) in [5, 5.41) is 23.2. The van der Waals surface area contributed by atoms with E-state index in [9.17, 15) is 19.5 Å². The monoisotopic (exact) mass is 363 g/mol. The maximum absolute atomic E-state index is 12.7. The van der Waals surface area contributed by atoms with E-state index in [1.165, 1.54) is 0 Å². The number of carbonyl (C=O) groups excluding carboxylic acids is 2. The summed E-state index contributed by atoms with van der Waals surface area (Å²) in [6, 6.07) is 6.73. The summed E-state index contributed by atoms with van der Waals surface area (Å²) in [6.07, 6.45) is 0. The lowest BCUT2D eigenvalue weighted by Gasteiger charge is -2.20. The number of pyridine rings is 1. The van der Waals surface area contributed by atoms with Gasteiger partial charge in [0.2, 0.25) is 0 Å². The summed E-state index contributed by atoms with van der Waals surface area (Å²) in [5.74, 6) is -1.79. The summed E-state index contributed by atoms with van der Waals surface area (Å²) in [4.78, 5) is 40.1. The highest BCUT2D eigenvalue weighted by atomic mass is 16.3. The molecular formula is C20H17N3O4. The number of nitrogens with one attached hydrogen (secondary N) is 3. The number of fused-ring (bicyclic) bond motifs is 2. The lowest BCUT2D eigenvalue weighted by molar-refractivity contribution is -0.129. The summed E-state index contributed by atoms with van der Waals surface area (Å²) in [5.41, 5.74) is -0.739. The predicted molar refractivity (Wildman–Crippen MR) is 102 cm³/mol. The van der Waals surface area contributed by atoms with E-state index < -0.39 is 22.8 Å². The largest absolute Gasteiger partial charge is 0.494 e. The van der Waals surface area contributed by atoms with Gasteiger partial charge in [-0.25, -0.2) is 0 Å². The van der Waals surface area contributed by atoms with Crippen molar-refractivity contribution in [2.75, 3.05) is 6.54 Å². The number of hydrogen-bond acceptors (Lipinski definition) is 6. The molecule has 4 rings (SSSR count). The highest BCUT2D eigenvalue weighted by Gasteiger charge is 2.33. The smallest absolute Gasteiger partial charge is 0.259 e. The average Bonchev–Trinajstić information content (AvgIpc) is 2.63. The van der Waals surface area contributed by atoms with E-state index in [4.69, 9.17) is 5.41 Å². The molecule has 7 heteroatoms. The summed E-state index contributed by atoms with van der Waals surface area (Å²) in [7, 11) is 0. The molecular weight excluding hydrogens is 346 g/mol. The number of H-pyrrole nitrogens is 1. The Hall–Kier alpha value is -3.48. The summed E-state index contributed by atoms with van der Waals surface area (Å²) >= 11 is 0. The van der Waals surface area contributed by atoms with Crippen molar-refractivity contribution in [1.82, 2.24) is 10.3 Å². The van der Waals surface area contributed by atoms with Crippen LogP contribution in [0.25, 0.3) is 27.2 Å². The van der Waals surface area contributed by atoms with Gasteiger partial charge in [0, 0.05) is 28.1 Å². The van der Waals surface area contributed by atoms with Crippen LogP contribution in [0.15, 0.2) is 29.1 Å². The second-order valence-corrected chi connectivity index (χ2v) is 7.06. The molecule has 0 saturated heterocycles. The molecule has 1 aliphatic rings. The number of carbonyl (C=O) groups is 2. The van der Waals surface area contributed by atoms with E-state index in [2.05, 4.69) is 10.3 Å². The molecule has 3 aromatic rings. The van der Waals surface area contributed by atoms with Crippen molar-refractivity contribution in [1.29, 1.82) is 5.41 Å². The third-order valence-electron chi connectivity index (χ3n) is 4.75. The first-order chi connectivity index (χ1) is 12.8. The Bertz CT molecular complexity index is 1280. The van der Waals surface area contributed by atoms with Gasteiger partial charge < -0.3 is 10.4 Å². The first-order valence-corrected chi connectivity index (χ1v) is 8.57. The molecule has 0 radical (unpaired) electrons. The van der Waals surface area contributed by atoms with Crippen LogP contribution < -0.4 is 16.1 Å². The predicted octanol–water partition coefficient (Wildman–Crippen LogP) is 0.979. The molecule has 0 spiro atoms. The summed E-state index contributed by atoms with van der Waals surface area (Å²) in [6.45, 7) is 4.33. The van der Waals surface area contributed by atoms with E-state index in [0.29, 0.717) is 22.7 Å². The van der Waals surface area contributed by atoms with Crippen molar-refractivity contribution in [3.05, 3.63) is 45.4 Å². The molecule has 1 aromatic heterocycles. The maximum atomic E-state index is 12.7. The van der Waals surface area contributed by atoms with Crippen LogP contribution in [0, 0.1) is 11.3 Å². The second-order valence-electron chi connectivity index (χ2n) is 7.06. The van der Waals surface area contributed by atoms with Crippen LogP contribution >= 0.6 is 0 Å². The number of aromatic nitrogens is 1. The van der Waals surface area contributed by atoms with Crippen molar-refractivity contribution < 1.29 is 14.7 Å². The Morgan fingerprint density at radius 3 is 2.59 bits per heavy atom. The van der Waals surface area contributed by atoms with Crippen LogP contribution in [0.5, 0.6) is 5.88 Å². The van der Waals surface area contributed by atoms with E-state index in [-0.39, 0.29) is 33.7 Å². The molecule has 1 aliphatic carbocycles. The Kier molecular flexibility index (Phi) is 3.62. The molecule has 27 heavy (non-hydrogen) atoms. The van der Waals surface area contributed by atoms with Gasteiger partial charge in [-0.15, -0.1) is 0 Å². The molecule has 136 valence electrons. The molecule has 0 saturated carbocycles. The van der Waals surface area contributed by atoms with Gasteiger partial charge in [0.15, 0.2) is 5.88 Å². The Balaban J connectivity index is 2.29. The highest BCUT2D eigenvalue weighted by Crippen LogP contribution is 2.29. The third-order valence-corrected chi connectivity index (χ3v) is 4.75. The van der Waals surface area contributed by atoms with Crippen molar-refractivity contribution in [3.8, 4) is 5.88 Å². The number of benzene rings is 2. The van der Waals surface area contributed by atoms with Crippen LogP contribution in [-0.4, -0.2) is 33.9 Å². The SMILES string of the molecule is CC(C)CNC1=c2c(cc3cccc4c(O)[nH]c(=O)c2c34)C(=N)C(=O)C1=O. The van der Waals surface area contributed by atoms with Gasteiger partial charge in [-0.05, 0) is 23.4 Å². The zero-order valence-corrected chi connectivity index (χ0v) is 14.8.